The van der Waals surface area contributed by atoms with E-state index in [0.29, 0.717) is 0 Å². The Morgan fingerprint density at radius 3 is 2.73 bits per heavy atom. The van der Waals surface area contributed by atoms with Crippen LogP contribution in [-0.4, -0.2) is 23.2 Å². The minimum Gasteiger partial charge on any atom is -0.299 e. The molecule has 2 unspecified atom stereocenters. The average molecular weight is 234 g/mol. The van der Waals surface area contributed by atoms with E-state index in [9.17, 15) is 13.6 Å². The molecule has 2 rings (SSSR count). The minimum atomic E-state index is -2.53. The number of ketones is 1. The van der Waals surface area contributed by atoms with E-state index in [4.69, 9.17) is 0 Å². The zero-order valence-electron chi connectivity index (χ0n) is 8.68. The van der Waals surface area contributed by atoms with Gasteiger partial charge in [-0.05, 0) is 30.8 Å². The number of carbonyl (C=O) groups is 1. The molecule has 0 spiro atoms. The third-order valence-corrected chi connectivity index (χ3v) is 4.41. The number of Topliss-reactive ketones (excluding diaryl/α,β-unsaturated/α-hetero) is 1. The summed E-state index contributed by atoms with van der Waals surface area (Å²) in [5.74, 6) is -0.896. The van der Waals surface area contributed by atoms with E-state index in [2.05, 4.69) is 0 Å². The lowest BCUT2D eigenvalue weighted by Gasteiger charge is -2.11. The molecule has 1 saturated carbocycles. The van der Waals surface area contributed by atoms with Gasteiger partial charge in [-0.25, -0.2) is 8.78 Å². The van der Waals surface area contributed by atoms with Gasteiger partial charge < -0.3 is 0 Å². The second kappa shape index (κ2) is 4.40. The van der Waals surface area contributed by atoms with E-state index in [1.54, 1.807) is 0 Å². The van der Waals surface area contributed by atoms with Gasteiger partial charge in [-0.1, -0.05) is 0 Å². The SMILES string of the molecule is O=C(CC1CC1(F)F)C1CCCSCC1. The molecule has 0 N–H and O–H groups in total. The summed E-state index contributed by atoms with van der Waals surface area (Å²) in [5, 5.41) is 0. The molecule has 1 heterocycles. The van der Waals surface area contributed by atoms with E-state index < -0.39 is 11.8 Å². The summed E-state index contributed by atoms with van der Waals surface area (Å²) >= 11 is 1.87. The van der Waals surface area contributed by atoms with Crippen LogP contribution in [0.15, 0.2) is 0 Å². The van der Waals surface area contributed by atoms with E-state index in [0.717, 1.165) is 30.8 Å². The van der Waals surface area contributed by atoms with Crippen LogP contribution in [-0.2, 0) is 4.79 Å². The first kappa shape index (κ1) is 11.4. The highest BCUT2D eigenvalue weighted by molar-refractivity contribution is 7.99. The highest BCUT2D eigenvalue weighted by Gasteiger charge is 2.57. The summed E-state index contributed by atoms with van der Waals surface area (Å²) in [7, 11) is 0. The van der Waals surface area contributed by atoms with Gasteiger partial charge in [0.05, 0.1) is 0 Å². The molecule has 1 saturated heterocycles. The molecule has 4 heteroatoms. The molecular formula is C11H16F2OS. The molecule has 1 nitrogen and oxygen atoms in total. The fourth-order valence-corrected chi connectivity index (χ4v) is 3.15. The number of rotatable bonds is 3. The topological polar surface area (TPSA) is 17.1 Å². The molecule has 2 fully saturated rings. The lowest BCUT2D eigenvalue weighted by atomic mass is 9.93. The monoisotopic (exact) mass is 234 g/mol. The van der Waals surface area contributed by atoms with Crippen LogP contribution in [0.1, 0.15) is 32.1 Å². The highest BCUT2D eigenvalue weighted by Crippen LogP contribution is 2.51. The van der Waals surface area contributed by atoms with Crippen LogP contribution >= 0.6 is 11.8 Å². The van der Waals surface area contributed by atoms with Gasteiger partial charge in [-0.2, -0.15) is 11.8 Å². The summed E-state index contributed by atoms with van der Waals surface area (Å²) < 4.78 is 25.3. The van der Waals surface area contributed by atoms with Crippen molar-refractivity contribution in [1.29, 1.82) is 0 Å². The van der Waals surface area contributed by atoms with Crippen molar-refractivity contribution in [1.82, 2.24) is 0 Å². The van der Waals surface area contributed by atoms with Gasteiger partial charge in [0.1, 0.15) is 5.78 Å². The maximum absolute atomic E-state index is 12.6. The van der Waals surface area contributed by atoms with Gasteiger partial charge in [0.25, 0.3) is 5.92 Å². The predicted octanol–water partition coefficient (Wildman–Crippen LogP) is 3.13. The van der Waals surface area contributed by atoms with Crippen molar-refractivity contribution in [2.75, 3.05) is 11.5 Å². The number of halogens is 2. The van der Waals surface area contributed by atoms with Gasteiger partial charge in [0, 0.05) is 24.7 Å². The number of thioether (sulfide) groups is 1. The second-order valence-electron chi connectivity index (χ2n) is 4.57. The maximum Gasteiger partial charge on any atom is 0.252 e. The van der Waals surface area contributed by atoms with Gasteiger partial charge >= 0.3 is 0 Å². The maximum atomic E-state index is 12.6. The van der Waals surface area contributed by atoms with E-state index >= 15 is 0 Å². The quantitative estimate of drug-likeness (QED) is 0.746. The molecule has 86 valence electrons. The van der Waals surface area contributed by atoms with Gasteiger partial charge in [0.15, 0.2) is 0 Å². The normalized spacial score (nSPS) is 34.5. The fraction of sp³-hybridized carbons (Fsp3) is 0.909. The first-order chi connectivity index (χ1) is 7.09. The predicted molar refractivity (Wildman–Crippen MR) is 57.3 cm³/mol. The summed E-state index contributed by atoms with van der Waals surface area (Å²) in [6, 6.07) is 0. The Morgan fingerprint density at radius 1 is 1.33 bits per heavy atom. The zero-order chi connectivity index (χ0) is 10.9. The summed E-state index contributed by atoms with van der Waals surface area (Å²) in [6.07, 6.45) is 2.90. The van der Waals surface area contributed by atoms with Crippen LogP contribution in [0, 0.1) is 11.8 Å². The molecule has 15 heavy (non-hydrogen) atoms. The molecule has 0 aromatic heterocycles. The standard InChI is InChI=1S/C11H16F2OS/c12-11(13)7-9(11)6-10(14)8-2-1-4-15-5-3-8/h8-9H,1-7H2. The number of alkyl halides is 2. The van der Waals surface area contributed by atoms with Gasteiger partial charge in [-0.3, -0.25) is 4.79 Å². The number of hydrogen-bond donors (Lipinski definition) is 0. The Hall–Kier alpha value is -0.120. The van der Waals surface area contributed by atoms with E-state index in [1.807, 2.05) is 11.8 Å². The van der Waals surface area contributed by atoms with Crippen molar-refractivity contribution in [2.45, 2.75) is 38.0 Å². The smallest absolute Gasteiger partial charge is 0.252 e. The molecule has 0 aromatic rings. The summed E-state index contributed by atoms with van der Waals surface area (Å²) in [4.78, 5) is 11.7. The van der Waals surface area contributed by atoms with E-state index in [1.165, 1.54) is 0 Å². The molecule has 2 aliphatic rings. The van der Waals surface area contributed by atoms with Crippen molar-refractivity contribution in [2.24, 2.45) is 11.8 Å². The molecule has 1 aliphatic heterocycles. The van der Waals surface area contributed by atoms with Crippen LogP contribution < -0.4 is 0 Å². The van der Waals surface area contributed by atoms with Crippen molar-refractivity contribution >= 4 is 17.5 Å². The fourth-order valence-electron chi connectivity index (χ4n) is 2.13. The van der Waals surface area contributed by atoms with Crippen LogP contribution in [0.25, 0.3) is 0 Å². The molecule has 0 bridgehead atoms. The van der Waals surface area contributed by atoms with Gasteiger partial charge in [0.2, 0.25) is 0 Å². The van der Waals surface area contributed by atoms with Crippen LogP contribution in [0.2, 0.25) is 0 Å². The Kier molecular flexibility index (Phi) is 3.33. The van der Waals surface area contributed by atoms with Crippen molar-refractivity contribution in [3.8, 4) is 0 Å². The molecule has 0 amide bonds. The Labute approximate surface area is 93.0 Å². The second-order valence-corrected chi connectivity index (χ2v) is 5.80. The molecular weight excluding hydrogens is 218 g/mol. The molecule has 1 aliphatic carbocycles. The van der Waals surface area contributed by atoms with Crippen molar-refractivity contribution in [3.05, 3.63) is 0 Å². The van der Waals surface area contributed by atoms with Crippen LogP contribution in [0.5, 0.6) is 0 Å². The van der Waals surface area contributed by atoms with Crippen LogP contribution in [0.4, 0.5) is 8.78 Å². The molecule has 2 atom stereocenters. The lowest BCUT2D eigenvalue weighted by Crippen LogP contribution is -2.16. The zero-order valence-corrected chi connectivity index (χ0v) is 9.49. The third kappa shape index (κ3) is 2.92. The molecule has 0 radical (unpaired) electrons. The average Bonchev–Trinajstić information content (AvgIpc) is 2.84. The molecule has 0 aromatic carbocycles. The summed E-state index contributed by atoms with van der Waals surface area (Å²) in [5.41, 5.74) is 0. The first-order valence-corrected chi connectivity index (χ1v) is 6.73. The number of carbonyl (C=O) groups excluding carboxylic acids is 1. The van der Waals surface area contributed by atoms with Crippen molar-refractivity contribution < 1.29 is 13.6 Å². The summed E-state index contributed by atoms with van der Waals surface area (Å²) in [6.45, 7) is 0. The lowest BCUT2D eigenvalue weighted by molar-refractivity contribution is -0.124. The van der Waals surface area contributed by atoms with Crippen molar-refractivity contribution in [3.63, 3.8) is 0 Å². The first-order valence-electron chi connectivity index (χ1n) is 5.58. The van der Waals surface area contributed by atoms with E-state index in [-0.39, 0.29) is 24.5 Å². The third-order valence-electron chi connectivity index (χ3n) is 3.31. The Balaban J connectivity index is 1.79. The minimum absolute atomic E-state index is 0.0661. The Bertz CT molecular complexity index is 247. The number of hydrogen-bond acceptors (Lipinski definition) is 2. The largest absolute Gasteiger partial charge is 0.299 e. The van der Waals surface area contributed by atoms with Gasteiger partial charge in [-0.15, -0.1) is 0 Å². The van der Waals surface area contributed by atoms with Crippen LogP contribution in [0.3, 0.4) is 0 Å². The highest BCUT2D eigenvalue weighted by atomic mass is 32.2. The Morgan fingerprint density at radius 2 is 2.07 bits per heavy atom.